The SMILES string of the molecule is CN1CCC(CN(C)c2ccccc2[N+](=O)[O-])CC1. The minimum Gasteiger partial charge on any atom is -0.369 e. The molecule has 0 aromatic heterocycles. The zero-order valence-electron chi connectivity index (χ0n) is 11.6. The first-order chi connectivity index (χ1) is 9.08. The molecule has 0 spiro atoms. The summed E-state index contributed by atoms with van der Waals surface area (Å²) >= 11 is 0. The number of nitro benzene ring substituents is 1. The van der Waals surface area contributed by atoms with Crippen molar-refractivity contribution in [2.45, 2.75) is 12.8 Å². The maximum atomic E-state index is 11.0. The van der Waals surface area contributed by atoms with E-state index in [9.17, 15) is 10.1 Å². The third kappa shape index (κ3) is 3.44. The van der Waals surface area contributed by atoms with Crippen molar-refractivity contribution in [2.75, 3.05) is 38.6 Å². The van der Waals surface area contributed by atoms with Crippen molar-refractivity contribution in [3.63, 3.8) is 0 Å². The van der Waals surface area contributed by atoms with Crippen molar-refractivity contribution in [3.05, 3.63) is 34.4 Å². The number of rotatable bonds is 4. The molecular weight excluding hydrogens is 242 g/mol. The fourth-order valence-electron chi connectivity index (χ4n) is 2.67. The minimum atomic E-state index is -0.305. The molecule has 1 heterocycles. The quantitative estimate of drug-likeness (QED) is 0.618. The van der Waals surface area contributed by atoms with E-state index < -0.39 is 0 Å². The molecule has 1 fully saturated rings. The number of anilines is 1. The van der Waals surface area contributed by atoms with Crippen LogP contribution in [0, 0.1) is 16.0 Å². The molecule has 0 amide bonds. The molecule has 0 unspecified atom stereocenters. The topological polar surface area (TPSA) is 49.6 Å². The molecule has 1 saturated heterocycles. The number of likely N-dealkylation sites (tertiary alicyclic amines) is 1. The van der Waals surface area contributed by atoms with Crippen LogP contribution in [0.15, 0.2) is 24.3 Å². The van der Waals surface area contributed by atoms with Gasteiger partial charge in [0.05, 0.1) is 4.92 Å². The number of hydrogen-bond acceptors (Lipinski definition) is 4. The van der Waals surface area contributed by atoms with Crippen molar-refractivity contribution in [1.82, 2.24) is 4.90 Å². The molecule has 1 aliphatic heterocycles. The van der Waals surface area contributed by atoms with Gasteiger partial charge in [0.1, 0.15) is 5.69 Å². The van der Waals surface area contributed by atoms with Gasteiger partial charge in [0, 0.05) is 19.7 Å². The Hall–Kier alpha value is -1.62. The second-order valence-corrected chi connectivity index (χ2v) is 5.37. The molecule has 0 atom stereocenters. The highest BCUT2D eigenvalue weighted by atomic mass is 16.6. The predicted octanol–water partition coefficient (Wildman–Crippen LogP) is 2.37. The summed E-state index contributed by atoms with van der Waals surface area (Å²) < 4.78 is 0. The van der Waals surface area contributed by atoms with Gasteiger partial charge in [-0.3, -0.25) is 10.1 Å². The Labute approximate surface area is 114 Å². The number of nitro groups is 1. The zero-order chi connectivity index (χ0) is 13.8. The molecule has 2 rings (SSSR count). The summed E-state index contributed by atoms with van der Waals surface area (Å²) in [4.78, 5) is 15.1. The van der Waals surface area contributed by atoms with Gasteiger partial charge in [-0.25, -0.2) is 0 Å². The van der Waals surface area contributed by atoms with E-state index in [0.717, 1.165) is 19.6 Å². The average Bonchev–Trinajstić information content (AvgIpc) is 2.41. The molecular formula is C14H21N3O2. The number of hydrogen-bond donors (Lipinski definition) is 0. The van der Waals surface area contributed by atoms with Crippen molar-refractivity contribution in [2.24, 2.45) is 5.92 Å². The van der Waals surface area contributed by atoms with Crippen LogP contribution in [0.4, 0.5) is 11.4 Å². The Balaban J connectivity index is 2.03. The molecule has 0 saturated carbocycles. The lowest BCUT2D eigenvalue weighted by molar-refractivity contribution is -0.384. The Bertz CT molecular complexity index is 442. The van der Waals surface area contributed by atoms with Crippen LogP contribution in [-0.2, 0) is 0 Å². The normalized spacial score (nSPS) is 17.4. The maximum Gasteiger partial charge on any atom is 0.292 e. The van der Waals surface area contributed by atoms with Crippen LogP contribution in [0.3, 0.4) is 0 Å². The molecule has 1 aromatic rings. The van der Waals surface area contributed by atoms with Gasteiger partial charge in [-0.15, -0.1) is 0 Å². The van der Waals surface area contributed by atoms with Gasteiger partial charge in [0.25, 0.3) is 5.69 Å². The first-order valence-electron chi connectivity index (χ1n) is 6.71. The highest BCUT2D eigenvalue weighted by Gasteiger charge is 2.21. The van der Waals surface area contributed by atoms with Gasteiger partial charge in [-0.1, -0.05) is 12.1 Å². The third-order valence-corrected chi connectivity index (χ3v) is 3.86. The second kappa shape index (κ2) is 6.02. The first kappa shape index (κ1) is 13.8. The highest BCUT2D eigenvalue weighted by Crippen LogP contribution is 2.28. The zero-order valence-corrected chi connectivity index (χ0v) is 11.6. The van der Waals surface area contributed by atoms with Crippen molar-refractivity contribution < 1.29 is 4.92 Å². The van der Waals surface area contributed by atoms with E-state index in [1.165, 1.54) is 12.8 Å². The summed E-state index contributed by atoms with van der Waals surface area (Å²) in [5, 5.41) is 11.0. The average molecular weight is 263 g/mol. The van der Waals surface area contributed by atoms with Gasteiger partial charge in [-0.05, 0) is 45.0 Å². The molecule has 0 bridgehead atoms. The first-order valence-corrected chi connectivity index (χ1v) is 6.71. The van der Waals surface area contributed by atoms with Gasteiger partial charge in [0.15, 0.2) is 0 Å². The van der Waals surface area contributed by atoms with Crippen molar-refractivity contribution in [1.29, 1.82) is 0 Å². The smallest absolute Gasteiger partial charge is 0.292 e. The minimum absolute atomic E-state index is 0.193. The van der Waals surface area contributed by atoms with Gasteiger partial charge in [0.2, 0.25) is 0 Å². The standard InChI is InChI=1S/C14H21N3O2/c1-15-9-7-12(8-10-15)11-16(2)13-5-3-4-6-14(13)17(18)19/h3-6,12H,7-11H2,1-2H3. The van der Waals surface area contributed by atoms with E-state index in [-0.39, 0.29) is 10.6 Å². The highest BCUT2D eigenvalue weighted by molar-refractivity contribution is 5.62. The van der Waals surface area contributed by atoms with Gasteiger partial charge < -0.3 is 9.80 Å². The fourth-order valence-corrected chi connectivity index (χ4v) is 2.67. The number of nitrogens with zero attached hydrogens (tertiary/aromatic N) is 3. The van der Waals surface area contributed by atoms with E-state index in [1.54, 1.807) is 12.1 Å². The molecule has 1 aliphatic rings. The molecule has 0 N–H and O–H groups in total. The van der Waals surface area contributed by atoms with Crippen LogP contribution < -0.4 is 4.90 Å². The lowest BCUT2D eigenvalue weighted by atomic mass is 9.96. The van der Waals surface area contributed by atoms with E-state index in [4.69, 9.17) is 0 Å². The van der Waals surface area contributed by atoms with E-state index in [1.807, 2.05) is 24.1 Å². The number of piperidine rings is 1. The maximum absolute atomic E-state index is 11.0. The molecule has 104 valence electrons. The van der Waals surface area contributed by atoms with Crippen LogP contribution in [0.5, 0.6) is 0 Å². The Morgan fingerprint density at radius 2 is 2.00 bits per heavy atom. The fraction of sp³-hybridized carbons (Fsp3) is 0.571. The Morgan fingerprint density at radius 3 is 2.63 bits per heavy atom. The van der Waals surface area contributed by atoms with Crippen LogP contribution in [0.1, 0.15) is 12.8 Å². The summed E-state index contributed by atoms with van der Waals surface area (Å²) in [6, 6.07) is 6.96. The van der Waals surface area contributed by atoms with Crippen LogP contribution in [0.25, 0.3) is 0 Å². The Morgan fingerprint density at radius 1 is 1.37 bits per heavy atom. The number of para-hydroxylation sites is 2. The van der Waals surface area contributed by atoms with Gasteiger partial charge >= 0.3 is 0 Å². The molecule has 5 heteroatoms. The number of benzene rings is 1. The summed E-state index contributed by atoms with van der Waals surface area (Å²) in [7, 11) is 4.09. The van der Waals surface area contributed by atoms with Crippen LogP contribution in [0.2, 0.25) is 0 Å². The van der Waals surface area contributed by atoms with Crippen LogP contribution >= 0.6 is 0 Å². The molecule has 19 heavy (non-hydrogen) atoms. The monoisotopic (exact) mass is 263 g/mol. The lowest BCUT2D eigenvalue weighted by Crippen LogP contribution is -2.35. The summed E-state index contributed by atoms with van der Waals surface area (Å²) in [6.07, 6.45) is 2.34. The van der Waals surface area contributed by atoms with Gasteiger partial charge in [-0.2, -0.15) is 0 Å². The Kier molecular flexibility index (Phi) is 4.37. The lowest BCUT2D eigenvalue weighted by Gasteiger charge is -2.32. The largest absolute Gasteiger partial charge is 0.369 e. The molecule has 0 radical (unpaired) electrons. The molecule has 0 aliphatic carbocycles. The second-order valence-electron chi connectivity index (χ2n) is 5.37. The van der Waals surface area contributed by atoms with Crippen LogP contribution in [-0.4, -0.2) is 43.6 Å². The molecule has 1 aromatic carbocycles. The van der Waals surface area contributed by atoms with Crippen molar-refractivity contribution >= 4 is 11.4 Å². The van der Waals surface area contributed by atoms with Crippen molar-refractivity contribution in [3.8, 4) is 0 Å². The summed E-state index contributed by atoms with van der Waals surface area (Å²) in [5.41, 5.74) is 0.907. The summed E-state index contributed by atoms with van der Waals surface area (Å²) in [5.74, 6) is 0.626. The predicted molar refractivity (Wildman–Crippen MR) is 76.6 cm³/mol. The summed E-state index contributed by atoms with van der Waals surface area (Å²) in [6.45, 7) is 3.13. The van der Waals surface area contributed by atoms with E-state index in [2.05, 4.69) is 11.9 Å². The molecule has 5 nitrogen and oxygen atoms in total. The third-order valence-electron chi connectivity index (χ3n) is 3.86. The van der Waals surface area contributed by atoms with E-state index >= 15 is 0 Å². The van der Waals surface area contributed by atoms with E-state index in [0.29, 0.717) is 11.6 Å².